The van der Waals surface area contributed by atoms with E-state index >= 15 is 0 Å². The highest BCUT2D eigenvalue weighted by atomic mass is 32.2. The number of nitrogens with one attached hydrogen (secondary N) is 3. The summed E-state index contributed by atoms with van der Waals surface area (Å²) in [5.41, 5.74) is 1.53. The van der Waals surface area contributed by atoms with Crippen LogP contribution in [0.25, 0.3) is 0 Å². The number of rotatable bonds is 8. The number of hydroxylamine groups is 1. The van der Waals surface area contributed by atoms with Crippen molar-refractivity contribution in [2.75, 3.05) is 6.54 Å². The molecular formula is C13H19N3O5S. The number of unbranched alkanes of at least 4 members (excludes halogenated alkanes) is 2. The van der Waals surface area contributed by atoms with Crippen molar-refractivity contribution >= 4 is 22.0 Å². The van der Waals surface area contributed by atoms with Crippen LogP contribution >= 0.6 is 0 Å². The van der Waals surface area contributed by atoms with Gasteiger partial charge in [-0.25, -0.2) is 23.4 Å². The number of hydrogen-bond donors (Lipinski definition) is 4. The molecule has 1 aromatic rings. The Morgan fingerprint density at radius 1 is 1.05 bits per heavy atom. The maximum atomic E-state index is 11.8. The summed E-state index contributed by atoms with van der Waals surface area (Å²) in [5.74, 6) is -0.459. The quantitative estimate of drug-likeness (QED) is 0.318. The fourth-order valence-corrected chi connectivity index (χ4v) is 2.61. The van der Waals surface area contributed by atoms with Crippen molar-refractivity contribution in [3.05, 3.63) is 30.3 Å². The van der Waals surface area contributed by atoms with Gasteiger partial charge in [0.2, 0.25) is 5.91 Å². The predicted molar refractivity (Wildman–Crippen MR) is 78.6 cm³/mol. The van der Waals surface area contributed by atoms with E-state index < -0.39 is 22.0 Å². The molecule has 0 heterocycles. The molecule has 3 amide bonds. The molecule has 0 unspecified atom stereocenters. The van der Waals surface area contributed by atoms with Crippen LogP contribution in [0.3, 0.4) is 0 Å². The monoisotopic (exact) mass is 329 g/mol. The Labute approximate surface area is 128 Å². The lowest BCUT2D eigenvalue weighted by atomic mass is 10.2. The largest absolute Gasteiger partial charge is 0.337 e. The average molecular weight is 329 g/mol. The van der Waals surface area contributed by atoms with Gasteiger partial charge in [-0.1, -0.05) is 24.6 Å². The first-order chi connectivity index (χ1) is 10.5. The second-order valence-electron chi connectivity index (χ2n) is 4.52. The van der Waals surface area contributed by atoms with Crippen molar-refractivity contribution in [2.45, 2.75) is 30.6 Å². The predicted octanol–water partition coefficient (Wildman–Crippen LogP) is 0.740. The Kier molecular flexibility index (Phi) is 7.33. The highest BCUT2D eigenvalue weighted by Crippen LogP contribution is 2.06. The van der Waals surface area contributed by atoms with Crippen LogP contribution in [-0.2, 0) is 14.8 Å². The molecule has 0 saturated heterocycles. The van der Waals surface area contributed by atoms with Gasteiger partial charge in [-0.15, -0.1) is 0 Å². The van der Waals surface area contributed by atoms with Gasteiger partial charge in [0.05, 0.1) is 4.90 Å². The molecule has 8 nitrogen and oxygen atoms in total. The van der Waals surface area contributed by atoms with Crippen LogP contribution in [0.15, 0.2) is 35.2 Å². The molecule has 1 rings (SSSR count). The molecule has 0 bridgehead atoms. The molecule has 0 aliphatic carbocycles. The van der Waals surface area contributed by atoms with Crippen molar-refractivity contribution in [1.29, 1.82) is 0 Å². The number of amides is 3. The minimum absolute atomic E-state index is 0.0140. The third-order valence-electron chi connectivity index (χ3n) is 2.77. The van der Waals surface area contributed by atoms with Crippen LogP contribution in [-0.4, -0.2) is 32.1 Å². The summed E-state index contributed by atoms with van der Waals surface area (Å²) in [5, 5.41) is 10.7. The summed E-state index contributed by atoms with van der Waals surface area (Å²) in [7, 11) is -3.86. The van der Waals surface area contributed by atoms with Gasteiger partial charge in [0.25, 0.3) is 10.0 Å². The lowest BCUT2D eigenvalue weighted by Gasteiger charge is -2.08. The van der Waals surface area contributed by atoms with E-state index in [2.05, 4.69) is 5.32 Å². The van der Waals surface area contributed by atoms with Gasteiger partial charge >= 0.3 is 6.03 Å². The van der Waals surface area contributed by atoms with E-state index in [-0.39, 0.29) is 17.9 Å². The first-order valence-corrected chi connectivity index (χ1v) is 8.22. The molecule has 0 spiro atoms. The smallest absolute Gasteiger partial charge is 0.328 e. The third kappa shape index (κ3) is 6.55. The molecule has 0 radical (unpaired) electrons. The van der Waals surface area contributed by atoms with E-state index in [9.17, 15) is 18.0 Å². The topological polar surface area (TPSA) is 125 Å². The summed E-state index contributed by atoms with van der Waals surface area (Å²) in [4.78, 5) is 22.3. The zero-order chi connectivity index (χ0) is 16.4. The Hall–Kier alpha value is -2.13. The van der Waals surface area contributed by atoms with Gasteiger partial charge in [0.1, 0.15) is 0 Å². The first kappa shape index (κ1) is 17.9. The maximum absolute atomic E-state index is 11.8. The number of urea groups is 1. The minimum atomic E-state index is -3.86. The highest BCUT2D eigenvalue weighted by molar-refractivity contribution is 7.90. The molecule has 0 atom stereocenters. The molecule has 0 saturated carbocycles. The van der Waals surface area contributed by atoms with Gasteiger partial charge in [0.15, 0.2) is 0 Å². The van der Waals surface area contributed by atoms with Crippen LogP contribution in [0.5, 0.6) is 0 Å². The van der Waals surface area contributed by atoms with Crippen LogP contribution in [0.1, 0.15) is 25.7 Å². The van der Waals surface area contributed by atoms with Gasteiger partial charge < -0.3 is 5.32 Å². The number of benzene rings is 1. The number of sulfonamides is 1. The SMILES string of the molecule is O=C(CCCCCNC(=O)NS(=O)(=O)c1ccccc1)NO. The number of carbonyl (C=O) groups excluding carboxylic acids is 2. The Morgan fingerprint density at radius 3 is 2.36 bits per heavy atom. The summed E-state index contributed by atoms with van der Waals surface area (Å²) in [6, 6.07) is 6.79. The molecule has 0 fully saturated rings. The molecule has 9 heteroatoms. The molecule has 4 N–H and O–H groups in total. The van der Waals surface area contributed by atoms with Crippen molar-refractivity contribution in [2.24, 2.45) is 0 Å². The fourth-order valence-electron chi connectivity index (χ4n) is 1.66. The van der Waals surface area contributed by atoms with Crippen molar-refractivity contribution in [1.82, 2.24) is 15.5 Å². The van der Waals surface area contributed by atoms with E-state index in [0.717, 1.165) is 0 Å². The zero-order valence-electron chi connectivity index (χ0n) is 11.9. The van der Waals surface area contributed by atoms with Crippen molar-refractivity contribution in [3.8, 4) is 0 Å². The molecular weight excluding hydrogens is 310 g/mol. The number of hydrogen-bond acceptors (Lipinski definition) is 5. The van der Waals surface area contributed by atoms with Crippen LogP contribution in [0.4, 0.5) is 4.79 Å². The van der Waals surface area contributed by atoms with E-state index in [1.165, 1.54) is 17.6 Å². The van der Waals surface area contributed by atoms with Gasteiger partial charge in [-0.3, -0.25) is 10.0 Å². The van der Waals surface area contributed by atoms with E-state index in [1.807, 2.05) is 4.72 Å². The molecule has 1 aromatic carbocycles. The maximum Gasteiger partial charge on any atom is 0.328 e. The number of carbonyl (C=O) groups is 2. The average Bonchev–Trinajstić information content (AvgIpc) is 2.50. The molecule has 22 heavy (non-hydrogen) atoms. The standard InChI is InChI=1S/C13H19N3O5S/c17-12(15-19)9-5-2-6-10-14-13(18)16-22(20,21)11-7-3-1-4-8-11/h1,3-4,7-8,19H,2,5-6,9-10H2,(H,15,17)(H2,14,16,18). The summed E-state index contributed by atoms with van der Waals surface area (Å²) < 4.78 is 25.6. The lowest BCUT2D eigenvalue weighted by molar-refractivity contribution is -0.129. The third-order valence-corrected chi connectivity index (χ3v) is 4.12. The first-order valence-electron chi connectivity index (χ1n) is 6.74. The lowest BCUT2D eigenvalue weighted by Crippen LogP contribution is -2.39. The molecule has 122 valence electrons. The van der Waals surface area contributed by atoms with Gasteiger partial charge in [-0.05, 0) is 25.0 Å². The van der Waals surface area contributed by atoms with Gasteiger partial charge in [-0.2, -0.15) is 0 Å². The molecule has 0 aliphatic heterocycles. The Balaban J connectivity index is 2.25. The van der Waals surface area contributed by atoms with Crippen LogP contribution in [0, 0.1) is 0 Å². The van der Waals surface area contributed by atoms with E-state index in [0.29, 0.717) is 19.3 Å². The summed E-state index contributed by atoms with van der Waals surface area (Å²) in [6.07, 6.45) is 2.03. The second-order valence-corrected chi connectivity index (χ2v) is 6.20. The van der Waals surface area contributed by atoms with Crippen molar-refractivity contribution < 1.29 is 23.2 Å². The normalized spacial score (nSPS) is 10.8. The van der Waals surface area contributed by atoms with Gasteiger partial charge in [0, 0.05) is 13.0 Å². The second kappa shape index (κ2) is 9.00. The minimum Gasteiger partial charge on any atom is -0.337 e. The van der Waals surface area contributed by atoms with Crippen molar-refractivity contribution in [3.63, 3.8) is 0 Å². The Bertz CT molecular complexity index is 589. The van der Waals surface area contributed by atoms with Crippen LogP contribution in [0.2, 0.25) is 0 Å². The highest BCUT2D eigenvalue weighted by Gasteiger charge is 2.16. The van der Waals surface area contributed by atoms with E-state index in [1.54, 1.807) is 18.2 Å². The van der Waals surface area contributed by atoms with Crippen LogP contribution < -0.4 is 15.5 Å². The molecule has 0 aliphatic rings. The summed E-state index contributed by atoms with van der Waals surface area (Å²) in [6.45, 7) is 0.289. The molecule has 0 aromatic heterocycles. The van der Waals surface area contributed by atoms with E-state index in [4.69, 9.17) is 5.21 Å². The zero-order valence-corrected chi connectivity index (χ0v) is 12.7. The fraction of sp³-hybridized carbons (Fsp3) is 0.385. The Morgan fingerprint density at radius 2 is 1.73 bits per heavy atom. The summed E-state index contributed by atoms with van der Waals surface area (Å²) >= 11 is 0.